The normalized spacial score (nSPS) is 18.0. The summed E-state index contributed by atoms with van der Waals surface area (Å²) in [5, 5.41) is 3.42. The lowest BCUT2D eigenvalue weighted by molar-refractivity contribution is -0.148. The van der Waals surface area contributed by atoms with Crippen LogP contribution in [0.25, 0.3) is 0 Å². The molecule has 2 rings (SSSR count). The Balaban J connectivity index is 2.08. The molecule has 7 heteroatoms. The van der Waals surface area contributed by atoms with Gasteiger partial charge in [-0.1, -0.05) is 18.7 Å². The van der Waals surface area contributed by atoms with Gasteiger partial charge in [0.2, 0.25) is 0 Å². The van der Waals surface area contributed by atoms with Crippen LogP contribution >= 0.6 is 23.3 Å². The molecule has 1 fully saturated rings. The van der Waals surface area contributed by atoms with E-state index >= 15 is 0 Å². The standard InChI is InChI=1S/C12H19N3O2S2/c1-3-6-14-12(9-4-5-9,10(16)17-2)7-18-11-13-8-15-19-11/h8-9,14H,3-7H2,1-2H3. The summed E-state index contributed by atoms with van der Waals surface area (Å²) >= 11 is 2.94. The first kappa shape index (κ1) is 14.7. The molecule has 0 bridgehead atoms. The lowest BCUT2D eigenvalue weighted by Gasteiger charge is -2.31. The van der Waals surface area contributed by atoms with Gasteiger partial charge in [-0.05, 0) is 43.3 Å². The summed E-state index contributed by atoms with van der Waals surface area (Å²) in [6.45, 7) is 2.92. The SMILES string of the molecule is CCCNC(CSc1ncns1)(C(=O)OC)C1CC1. The van der Waals surface area contributed by atoms with Crippen molar-refractivity contribution in [2.45, 2.75) is 36.1 Å². The quantitative estimate of drug-likeness (QED) is 0.585. The molecule has 1 aromatic rings. The van der Waals surface area contributed by atoms with Crippen molar-refractivity contribution in [3.05, 3.63) is 6.33 Å². The number of carbonyl (C=O) groups is 1. The van der Waals surface area contributed by atoms with E-state index in [0.717, 1.165) is 30.1 Å². The van der Waals surface area contributed by atoms with Crippen LogP contribution in [0, 0.1) is 5.92 Å². The van der Waals surface area contributed by atoms with Gasteiger partial charge in [0.25, 0.3) is 0 Å². The third-order valence-corrected chi connectivity index (χ3v) is 5.27. The summed E-state index contributed by atoms with van der Waals surface area (Å²) in [4.78, 5) is 16.4. The van der Waals surface area contributed by atoms with Crippen LogP contribution in [0.15, 0.2) is 10.7 Å². The van der Waals surface area contributed by atoms with Crippen LogP contribution in [0.1, 0.15) is 26.2 Å². The van der Waals surface area contributed by atoms with E-state index in [1.165, 1.54) is 18.6 Å². The first-order chi connectivity index (χ1) is 9.23. The molecular weight excluding hydrogens is 282 g/mol. The smallest absolute Gasteiger partial charge is 0.327 e. The second-order valence-corrected chi connectivity index (χ2v) is 6.66. The summed E-state index contributed by atoms with van der Waals surface area (Å²) in [5.74, 6) is 0.881. The van der Waals surface area contributed by atoms with Gasteiger partial charge < -0.3 is 10.1 Å². The highest BCUT2D eigenvalue weighted by atomic mass is 32.2. The van der Waals surface area contributed by atoms with Gasteiger partial charge in [-0.3, -0.25) is 4.79 Å². The topological polar surface area (TPSA) is 64.1 Å². The van der Waals surface area contributed by atoms with Gasteiger partial charge in [0.05, 0.1) is 7.11 Å². The van der Waals surface area contributed by atoms with Crippen LogP contribution < -0.4 is 5.32 Å². The molecule has 106 valence electrons. The minimum atomic E-state index is -0.568. The number of thioether (sulfide) groups is 1. The lowest BCUT2D eigenvalue weighted by Crippen LogP contribution is -2.57. The molecule has 1 saturated carbocycles. The molecular formula is C12H19N3O2S2. The van der Waals surface area contributed by atoms with Crippen molar-refractivity contribution in [1.82, 2.24) is 14.7 Å². The zero-order chi connectivity index (χ0) is 13.7. The van der Waals surface area contributed by atoms with E-state index in [1.54, 1.807) is 18.1 Å². The zero-order valence-corrected chi connectivity index (χ0v) is 12.9. The predicted molar refractivity (Wildman–Crippen MR) is 76.4 cm³/mol. The lowest BCUT2D eigenvalue weighted by atomic mass is 9.95. The first-order valence-electron chi connectivity index (χ1n) is 6.46. The van der Waals surface area contributed by atoms with Gasteiger partial charge in [0.1, 0.15) is 11.9 Å². The molecule has 19 heavy (non-hydrogen) atoms. The van der Waals surface area contributed by atoms with Gasteiger partial charge >= 0.3 is 5.97 Å². The summed E-state index contributed by atoms with van der Waals surface area (Å²) in [7, 11) is 1.46. The van der Waals surface area contributed by atoms with Gasteiger partial charge in [0, 0.05) is 5.75 Å². The van der Waals surface area contributed by atoms with Crippen molar-refractivity contribution < 1.29 is 9.53 Å². The molecule has 1 heterocycles. The number of methoxy groups -OCH3 is 1. The summed E-state index contributed by atoms with van der Waals surface area (Å²) in [6.07, 6.45) is 4.71. The third kappa shape index (κ3) is 3.46. The Morgan fingerprint density at radius 3 is 3.00 bits per heavy atom. The van der Waals surface area contributed by atoms with Crippen molar-refractivity contribution in [3.8, 4) is 0 Å². The number of rotatable bonds is 8. The number of hydrogen-bond donors (Lipinski definition) is 1. The maximum absolute atomic E-state index is 12.3. The highest BCUT2D eigenvalue weighted by Gasteiger charge is 2.51. The number of hydrogen-bond acceptors (Lipinski definition) is 7. The van der Waals surface area contributed by atoms with Crippen LogP contribution in [-0.4, -0.2) is 40.3 Å². The van der Waals surface area contributed by atoms with Crippen molar-refractivity contribution >= 4 is 29.3 Å². The minimum Gasteiger partial charge on any atom is -0.468 e. The maximum atomic E-state index is 12.3. The third-order valence-electron chi connectivity index (χ3n) is 3.28. The fraction of sp³-hybridized carbons (Fsp3) is 0.750. The molecule has 0 spiro atoms. The Morgan fingerprint density at radius 2 is 2.47 bits per heavy atom. The molecule has 0 amide bonds. The average molecular weight is 301 g/mol. The minimum absolute atomic E-state index is 0.152. The second kappa shape index (κ2) is 6.67. The van der Waals surface area contributed by atoms with Crippen LogP contribution in [0.3, 0.4) is 0 Å². The molecule has 1 atom stereocenters. The van der Waals surface area contributed by atoms with E-state index < -0.39 is 5.54 Å². The summed E-state index contributed by atoms with van der Waals surface area (Å²) in [5.41, 5.74) is -0.568. The fourth-order valence-corrected chi connectivity index (χ4v) is 3.84. The maximum Gasteiger partial charge on any atom is 0.327 e. The molecule has 0 radical (unpaired) electrons. The first-order valence-corrected chi connectivity index (χ1v) is 8.21. The van der Waals surface area contributed by atoms with E-state index in [9.17, 15) is 4.79 Å². The van der Waals surface area contributed by atoms with Crippen molar-refractivity contribution in [1.29, 1.82) is 0 Å². The molecule has 0 aliphatic heterocycles. The predicted octanol–water partition coefficient (Wildman–Crippen LogP) is 1.95. The van der Waals surface area contributed by atoms with Crippen molar-refractivity contribution in [2.75, 3.05) is 19.4 Å². The van der Waals surface area contributed by atoms with E-state index in [0.29, 0.717) is 11.7 Å². The fourth-order valence-electron chi connectivity index (χ4n) is 2.12. The Hall–Kier alpha value is -0.660. The van der Waals surface area contributed by atoms with E-state index in [1.807, 2.05) is 0 Å². The molecule has 0 aromatic carbocycles. The van der Waals surface area contributed by atoms with Gasteiger partial charge in [0.15, 0.2) is 4.34 Å². The molecule has 1 N–H and O–H groups in total. The largest absolute Gasteiger partial charge is 0.468 e. The molecule has 1 aliphatic rings. The number of esters is 1. The van der Waals surface area contributed by atoms with Crippen LogP contribution in [-0.2, 0) is 9.53 Å². The molecule has 1 aliphatic carbocycles. The van der Waals surface area contributed by atoms with Gasteiger partial charge in [-0.2, -0.15) is 4.37 Å². The molecule has 0 saturated heterocycles. The second-order valence-electron chi connectivity index (χ2n) is 4.66. The van der Waals surface area contributed by atoms with Crippen LogP contribution in [0.2, 0.25) is 0 Å². The van der Waals surface area contributed by atoms with Crippen LogP contribution in [0.4, 0.5) is 0 Å². The van der Waals surface area contributed by atoms with E-state index in [4.69, 9.17) is 4.74 Å². The molecule has 5 nitrogen and oxygen atoms in total. The van der Waals surface area contributed by atoms with Crippen molar-refractivity contribution in [3.63, 3.8) is 0 Å². The Kier molecular flexibility index (Phi) is 5.18. The van der Waals surface area contributed by atoms with Gasteiger partial charge in [-0.25, -0.2) is 4.98 Å². The summed E-state index contributed by atoms with van der Waals surface area (Å²) in [6, 6.07) is 0. The monoisotopic (exact) mass is 301 g/mol. The highest BCUT2D eigenvalue weighted by Crippen LogP contribution is 2.43. The van der Waals surface area contributed by atoms with E-state index in [2.05, 4.69) is 21.6 Å². The Labute approximate surface area is 121 Å². The number of ether oxygens (including phenoxy) is 1. The number of nitrogens with zero attached hydrogens (tertiary/aromatic N) is 2. The van der Waals surface area contributed by atoms with Crippen LogP contribution in [0.5, 0.6) is 0 Å². The molecule has 1 unspecified atom stereocenters. The average Bonchev–Trinajstić information content (AvgIpc) is 3.16. The zero-order valence-electron chi connectivity index (χ0n) is 11.2. The Bertz CT molecular complexity index is 409. The number of nitrogens with one attached hydrogen (secondary N) is 1. The summed E-state index contributed by atoms with van der Waals surface area (Å²) < 4.78 is 9.92. The number of carbonyl (C=O) groups excluding carboxylic acids is 1. The highest BCUT2D eigenvalue weighted by molar-refractivity contribution is 8.01. The Morgan fingerprint density at radius 1 is 1.68 bits per heavy atom. The van der Waals surface area contributed by atoms with Crippen molar-refractivity contribution in [2.24, 2.45) is 5.92 Å². The van der Waals surface area contributed by atoms with Gasteiger partial charge in [-0.15, -0.1) is 0 Å². The van der Waals surface area contributed by atoms with E-state index in [-0.39, 0.29) is 5.97 Å². The molecule has 1 aromatic heterocycles. The number of aromatic nitrogens is 2.